The number of hydrogen-bond acceptors (Lipinski definition) is 4. The summed E-state index contributed by atoms with van der Waals surface area (Å²) >= 11 is 0. The molecule has 0 aliphatic carbocycles. The van der Waals surface area contributed by atoms with Crippen LogP contribution in [-0.2, 0) is 15.6 Å². The zero-order valence-corrected chi connectivity index (χ0v) is 29.2. The summed E-state index contributed by atoms with van der Waals surface area (Å²) in [5, 5.41) is 14.2. The summed E-state index contributed by atoms with van der Waals surface area (Å²) < 4.78 is 8.08. The van der Waals surface area contributed by atoms with Crippen molar-refractivity contribution >= 4 is 33.6 Å². The van der Waals surface area contributed by atoms with Crippen LogP contribution in [0.3, 0.4) is 0 Å². The minimum absolute atomic E-state index is 0. The molecule has 0 spiro atoms. The van der Waals surface area contributed by atoms with Crippen LogP contribution in [0.2, 0.25) is 0 Å². The van der Waals surface area contributed by atoms with E-state index < -0.39 is 11.9 Å². The number of para-hydroxylation sites is 2. The van der Waals surface area contributed by atoms with Crippen LogP contribution >= 0.6 is 0 Å². The quantitative estimate of drug-likeness (QED) is 0.189. The first-order chi connectivity index (χ1) is 20.3. The van der Waals surface area contributed by atoms with Crippen LogP contribution in [0.25, 0.3) is 27.5 Å². The molecule has 1 unspecified atom stereocenters. The summed E-state index contributed by atoms with van der Waals surface area (Å²) in [7, 11) is 1.67. The third-order valence-corrected chi connectivity index (χ3v) is 8.28. The molecule has 0 saturated carbocycles. The van der Waals surface area contributed by atoms with Gasteiger partial charge in [-0.3, -0.25) is 4.79 Å². The van der Waals surface area contributed by atoms with Gasteiger partial charge >= 0.3 is 29.6 Å². The molecular weight excluding hydrogens is 557 g/mol. The molecule has 4 aromatic carbocycles. The SMILES string of the molecule is COc1c(C(C)(C)C)cc(C(=O)CC(CC(=O)[O-])c2ccc(-n3c4ccccc4c4ccccc43)cc2)cc1C(C)(C)C.[Na+]. The fraction of sp³-hybridized carbons (Fsp3) is 0.316. The summed E-state index contributed by atoms with van der Waals surface area (Å²) in [6, 6.07) is 28.3. The van der Waals surface area contributed by atoms with Crippen LogP contribution in [-0.4, -0.2) is 23.4 Å². The molecule has 0 aliphatic rings. The molecular formula is C38H40NNaO4. The summed E-state index contributed by atoms with van der Waals surface area (Å²) in [5.41, 5.74) is 5.94. The second-order valence-electron chi connectivity index (χ2n) is 13.5. The molecule has 0 fully saturated rings. The number of ketones is 1. The van der Waals surface area contributed by atoms with Gasteiger partial charge in [-0.15, -0.1) is 0 Å². The van der Waals surface area contributed by atoms with Crippen molar-refractivity contribution in [2.75, 3.05) is 7.11 Å². The summed E-state index contributed by atoms with van der Waals surface area (Å²) in [4.78, 5) is 25.7. The van der Waals surface area contributed by atoms with Gasteiger partial charge in [0, 0.05) is 45.5 Å². The van der Waals surface area contributed by atoms with Crippen molar-refractivity contribution in [1.29, 1.82) is 0 Å². The molecule has 1 aromatic heterocycles. The van der Waals surface area contributed by atoms with Gasteiger partial charge in [-0.1, -0.05) is 90.1 Å². The van der Waals surface area contributed by atoms with Gasteiger partial charge in [0.1, 0.15) is 5.75 Å². The maximum absolute atomic E-state index is 13.9. The Labute approximate surface area is 282 Å². The number of carboxylic acid groups (broad SMARTS) is 1. The number of aromatic nitrogens is 1. The number of benzene rings is 4. The van der Waals surface area contributed by atoms with Crippen molar-refractivity contribution in [3.63, 3.8) is 0 Å². The van der Waals surface area contributed by atoms with Crippen LogP contribution in [0, 0.1) is 0 Å². The van der Waals surface area contributed by atoms with E-state index in [1.54, 1.807) is 7.11 Å². The number of methoxy groups -OCH3 is 1. The molecule has 222 valence electrons. The third-order valence-electron chi connectivity index (χ3n) is 8.28. The van der Waals surface area contributed by atoms with Crippen LogP contribution < -0.4 is 39.4 Å². The molecule has 1 heterocycles. The number of rotatable bonds is 8. The average molecular weight is 598 g/mol. The molecule has 0 bridgehead atoms. The molecule has 5 aromatic rings. The van der Waals surface area contributed by atoms with Gasteiger partial charge in [0.2, 0.25) is 0 Å². The molecule has 5 nitrogen and oxygen atoms in total. The Morgan fingerprint density at radius 2 is 1.23 bits per heavy atom. The number of nitrogens with zero attached hydrogens (tertiary/aromatic N) is 1. The van der Waals surface area contributed by atoms with E-state index in [1.165, 1.54) is 10.8 Å². The van der Waals surface area contributed by atoms with E-state index in [2.05, 4.69) is 70.4 Å². The summed E-state index contributed by atoms with van der Waals surface area (Å²) in [5.74, 6) is -1.01. The van der Waals surface area contributed by atoms with Crippen molar-refractivity contribution < 1.29 is 49.0 Å². The smallest absolute Gasteiger partial charge is 0.550 e. The van der Waals surface area contributed by atoms with E-state index in [0.29, 0.717) is 5.56 Å². The van der Waals surface area contributed by atoms with Gasteiger partial charge in [0.15, 0.2) is 5.78 Å². The first-order valence-electron chi connectivity index (χ1n) is 14.8. The largest absolute Gasteiger partial charge is 1.00 e. The molecule has 0 radical (unpaired) electrons. The van der Waals surface area contributed by atoms with Gasteiger partial charge in [-0.2, -0.15) is 0 Å². The Morgan fingerprint density at radius 1 is 0.750 bits per heavy atom. The second-order valence-corrected chi connectivity index (χ2v) is 13.5. The maximum atomic E-state index is 13.9. The number of carbonyl (C=O) groups excluding carboxylic acids is 2. The van der Waals surface area contributed by atoms with Gasteiger partial charge in [0.05, 0.1) is 18.1 Å². The van der Waals surface area contributed by atoms with Crippen molar-refractivity contribution in [3.05, 3.63) is 107 Å². The predicted octanol–water partition coefficient (Wildman–Crippen LogP) is 4.89. The van der Waals surface area contributed by atoms with Gasteiger partial charge < -0.3 is 19.2 Å². The monoisotopic (exact) mass is 597 g/mol. The molecule has 5 rings (SSSR count). The van der Waals surface area contributed by atoms with Crippen molar-refractivity contribution in [1.82, 2.24) is 4.57 Å². The van der Waals surface area contributed by atoms with Crippen LogP contribution in [0.5, 0.6) is 5.75 Å². The Bertz CT molecular complexity index is 1730. The van der Waals surface area contributed by atoms with Crippen LogP contribution in [0.4, 0.5) is 0 Å². The normalized spacial score (nSPS) is 12.6. The summed E-state index contributed by atoms with van der Waals surface area (Å²) in [6.07, 6.45) is -0.183. The van der Waals surface area contributed by atoms with E-state index >= 15 is 0 Å². The van der Waals surface area contributed by atoms with Gasteiger partial charge in [-0.25, -0.2) is 0 Å². The third kappa shape index (κ3) is 6.66. The molecule has 0 saturated heterocycles. The van der Waals surface area contributed by atoms with Crippen LogP contribution in [0.1, 0.15) is 87.4 Å². The maximum Gasteiger partial charge on any atom is 1.00 e. The number of carbonyl (C=O) groups is 2. The molecule has 0 aliphatic heterocycles. The fourth-order valence-corrected chi connectivity index (χ4v) is 6.07. The molecule has 1 atom stereocenters. The predicted molar refractivity (Wildman–Crippen MR) is 172 cm³/mol. The molecule has 6 heteroatoms. The fourth-order valence-electron chi connectivity index (χ4n) is 6.07. The second kappa shape index (κ2) is 12.9. The van der Waals surface area contributed by atoms with E-state index in [4.69, 9.17) is 4.74 Å². The van der Waals surface area contributed by atoms with Crippen molar-refractivity contribution in [3.8, 4) is 11.4 Å². The van der Waals surface area contributed by atoms with Crippen molar-refractivity contribution in [2.45, 2.75) is 71.1 Å². The number of hydrogen-bond donors (Lipinski definition) is 0. The van der Waals surface area contributed by atoms with E-state index in [9.17, 15) is 14.7 Å². The minimum Gasteiger partial charge on any atom is -0.550 e. The number of Topliss-reactive ketones (excluding diaryl/α,β-unsaturated/α-hetero) is 1. The zero-order valence-electron chi connectivity index (χ0n) is 27.2. The molecule has 0 amide bonds. The number of carboxylic acids is 1. The van der Waals surface area contributed by atoms with Gasteiger partial charge in [-0.05, 0) is 65.1 Å². The minimum atomic E-state index is -1.18. The summed E-state index contributed by atoms with van der Waals surface area (Å²) in [6.45, 7) is 12.6. The van der Waals surface area contributed by atoms with Gasteiger partial charge in [0.25, 0.3) is 0 Å². The average Bonchev–Trinajstić information content (AvgIpc) is 3.29. The Hall–Kier alpha value is -3.38. The Kier molecular flexibility index (Phi) is 9.84. The van der Waals surface area contributed by atoms with Crippen molar-refractivity contribution in [2.24, 2.45) is 0 Å². The topological polar surface area (TPSA) is 71.4 Å². The number of fused-ring (bicyclic) bond motifs is 3. The molecule has 0 N–H and O–H groups in total. The first-order valence-corrected chi connectivity index (χ1v) is 14.8. The van der Waals surface area contributed by atoms with E-state index in [0.717, 1.165) is 39.2 Å². The van der Waals surface area contributed by atoms with E-state index in [-0.39, 0.29) is 59.0 Å². The number of aliphatic carboxylic acids is 1. The molecule has 44 heavy (non-hydrogen) atoms. The Balaban J connectivity index is 0.00000442. The standard InChI is InChI=1S/C38H41NO4.Na/c1-37(2,3)30-20-26(21-31(36(30)43-7)38(4,5)6)34(40)22-25(23-35(41)42)24-16-18-27(19-17-24)39-32-14-10-8-12-28(32)29-13-9-11-15-33(29)39;/h8-21,25H,22-23H2,1-7H3,(H,41,42);/q;+1/p-1. The Morgan fingerprint density at radius 3 is 1.66 bits per heavy atom. The first kappa shape index (κ1) is 33.5. The van der Waals surface area contributed by atoms with E-state index in [1.807, 2.05) is 60.7 Å². The zero-order chi connectivity index (χ0) is 31.1. The van der Waals surface area contributed by atoms with Crippen LogP contribution in [0.15, 0.2) is 84.9 Å². The number of ether oxygens (including phenoxy) is 1.